The smallest absolute Gasteiger partial charge is 0.209 e. The summed E-state index contributed by atoms with van der Waals surface area (Å²) in [7, 11) is 1.63. The Morgan fingerprint density at radius 3 is 2.37 bits per heavy atom. The molecule has 1 N–H and O–H groups in total. The van der Waals surface area contributed by atoms with E-state index in [9.17, 15) is 9.90 Å². The molecular weight excluding hydrogens is 378 g/mol. The molecule has 0 heterocycles. The molecule has 156 valence electrons. The number of carbonyl (C=O) groups excluding carboxylic acids is 1. The van der Waals surface area contributed by atoms with E-state index in [1.807, 2.05) is 61.5 Å². The number of ether oxygens (including phenoxy) is 2. The van der Waals surface area contributed by atoms with Crippen molar-refractivity contribution in [3.8, 4) is 11.5 Å². The second-order valence-electron chi connectivity index (χ2n) is 7.26. The van der Waals surface area contributed by atoms with Crippen LogP contribution in [0.15, 0.2) is 72.8 Å². The number of likely N-dealkylation sites (N-methyl/N-ethyl adjacent to an activating group) is 1. The van der Waals surface area contributed by atoms with Crippen LogP contribution in [-0.4, -0.2) is 30.0 Å². The topological polar surface area (TPSA) is 59.0 Å². The van der Waals surface area contributed by atoms with Crippen molar-refractivity contribution in [3.63, 3.8) is 0 Å². The lowest BCUT2D eigenvalue weighted by atomic mass is 10.1. The highest BCUT2D eigenvalue weighted by molar-refractivity contribution is 5.47. The predicted octanol–water partition coefficient (Wildman–Crippen LogP) is 4.27. The Hall–Kier alpha value is -3.31. The monoisotopic (exact) mass is 405 g/mol. The summed E-state index contributed by atoms with van der Waals surface area (Å²) in [6.45, 7) is 3.05. The van der Waals surface area contributed by atoms with Gasteiger partial charge in [-0.15, -0.1) is 0 Å². The van der Waals surface area contributed by atoms with Gasteiger partial charge in [0.2, 0.25) is 6.41 Å². The zero-order valence-electron chi connectivity index (χ0n) is 17.3. The normalized spacial score (nSPS) is 11.6. The number of amides is 1. The van der Waals surface area contributed by atoms with E-state index in [-0.39, 0.29) is 6.54 Å². The quantitative estimate of drug-likeness (QED) is 0.512. The molecule has 3 aromatic rings. The number of aryl methyl sites for hydroxylation is 1. The van der Waals surface area contributed by atoms with Crippen molar-refractivity contribution in [3.05, 3.63) is 95.1 Å². The first-order valence-corrected chi connectivity index (χ1v) is 9.88. The SMILES string of the molecule is Cc1ccccc1COc1cc(C(O)CN(C)C=O)ccc1OCc1ccccc1. The first-order valence-electron chi connectivity index (χ1n) is 9.88. The number of rotatable bonds is 10. The van der Waals surface area contributed by atoms with Crippen molar-refractivity contribution < 1.29 is 19.4 Å². The Balaban J connectivity index is 1.80. The maximum Gasteiger partial charge on any atom is 0.209 e. The van der Waals surface area contributed by atoms with E-state index in [0.29, 0.717) is 36.7 Å². The van der Waals surface area contributed by atoms with Gasteiger partial charge in [0.25, 0.3) is 0 Å². The van der Waals surface area contributed by atoms with Crippen LogP contribution in [-0.2, 0) is 18.0 Å². The van der Waals surface area contributed by atoms with Crippen molar-refractivity contribution in [2.45, 2.75) is 26.2 Å². The van der Waals surface area contributed by atoms with Crippen LogP contribution in [0, 0.1) is 6.92 Å². The van der Waals surface area contributed by atoms with Crippen LogP contribution >= 0.6 is 0 Å². The van der Waals surface area contributed by atoms with E-state index in [2.05, 4.69) is 0 Å². The molecule has 3 aromatic carbocycles. The summed E-state index contributed by atoms with van der Waals surface area (Å²) in [5.41, 5.74) is 3.95. The van der Waals surface area contributed by atoms with Gasteiger partial charge in [0, 0.05) is 7.05 Å². The third kappa shape index (κ3) is 5.84. The van der Waals surface area contributed by atoms with Crippen LogP contribution < -0.4 is 9.47 Å². The molecule has 0 fully saturated rings. The number of carbonyl (C=O) groups is 1. The summed E-state index contributed by atoms with van der Waals surface area (Å²) >= 11 is 0. The van der Waals surface area contributed by atoms with E-state index < -0.39 is 6.10 Å². The molecule has 0 spiro atoms. The van der Waals surface area contributed by atoms with E-state index in [1.54, 1.807) is 25.2 Å². The summed E-state index contributed by atoms with van der Waals surface area (Å²) in [5, 5.41) is 10.5. The van der Waals surface area contributed by atoms with Gasteiger partial charge in [0.15, 0.2) is 11.5 Å². The van der Waals surface area contributed by atoms with Crippen molar-refractivity contribution in [2.24, 2.45) is 0 Å². The van der Waals surface area contributed by atoms with Gasteiger partial charge in [-0.3, -0.25) is 4.79 Å². The predicted molar refractivity (Wildman–Crippen MR) is 116 cm³/mol. The highest BCUT2D eigenvalue weighted by Gasteiger charge is 2.15. The van der Waals surface area contributed by atoms with Gasteiger partial charge in [-0.25, -0.2) is 0 Å². The fourth-order valence-corrected chi connectivity index (χ4v) is 3.05. The lowest BCUT2D eigenvalue weighted by Crippen LogP contribution is -2.22. The number of aliphatic hydroxyl groups is 1. The van der Waals surface area contributed by atoms with Gasteiger partial charge in [0.1, 0.15) is 13.2 Å². The third-order valence-corrected chi connectivity index (χ3v) is 4.87. The Morgan fingerprint density at radius 1 is 0.933 bits per heavy atom. The van der Waals surface area contributed by atoms with Gasteiger partial charge < -0.3 is 19.5 Å². The van der Waals surface area contributed by atoms with Crippen LogP contribution in [0.4, 0.5) is 0 Å². The van der Waals surface area contributed by atoms with Crippen LogP contribution in [0.3, 0.4) is 0 Å². The molecule has 0 aliphatic rings. The fraction of sp³-hybridized carbons (Fsp3) is 0.240. The second-order valence-corrected chi connectivity index (χ2v) is 7.26. The first-order chi connectivity index (χ1) is 14.6. The van der Waals surface area contributed by atoms with Crippen LogP contribution in [0.2, 0.25) is 0 Å². The van der Waals surface area contributed by atoms with Gasteiger partial charge in [-0.2, -0.15) is 0 Å². The minimum Gasteiger partial charge on any atom is -0.485 e. The molecule has 0 bridgehead atoms. The molecule has 1 atom stereocenters. The number of benzene rings is 3. The Morgan fingerprint density at radius 2 is 1.63 bits per heavy atom. The molecule has 0 aliphatic heterocycles. The first kappa shape index (κ1) is 21.4. The van der Waals surface area contributed by atoms with Crippen molar-refractivity contribution >= 4 is 6.41 Å². The molecule has 5 nitrogen and oxygen atoms in total. The average Bonchev–Trinajstić information content (AvgIpc) is 2.78. The Kier molecular flexibility index (Phi) is 7.46. The lowest BCUT2D eigenvalue weighted by molar-refractivity contribution is -0.118. The zero-order valence-corrected chi connectivity index (χ0v) is 17.3. The summed E-state index contributed by atoms with van der Waals surface area (Å²) in [6.07, 6.45) is -0.125. The standard InChI is InChI=1S/C25H27NO4/c1-19-8-6-7-11-22(19)17-30-25-14-21(23(28)15-26(2)18-27)12-13-24(25)29-16-20-9-4-3-5-10-20/h3-14,18,23,28H,15-17H2,1-2H3. The number of hydrogen-bond acceptors (Lipinski definition) is 4. The fourth-order valence-electron chi connectivity index (χ4n) is 3.05. The van der Waals surface area contributed by atoms with E-state index >= 15 is 0 Å². The summed E-state index contributed by atoms with van der Waals surface area (Å²) in [4.78, 5) is 12.3. The summed E-state index contributed by atoms with van der Waals surface area (Å²) in [5.74, 6) is 1.16. The molecule has 3 rings (SSSR count). The molecule has 0 radical (unpaired) electrons. The van der Waals surface area contributed by atoms with E-state index in [1.165, 1.54) is 4.90 Å². The third-order valence-electron chi connectivity index (χ3n) is 4.87. The van der Waals surface area contributed by atoms with Crippen molar-refractivity contribution in [1.29, 1.82) is 0 Å². The summed E-state index contributed by atoms with van der Waals surface area (Å²) in [6, 6.07) is 23.3. The Bertz CT molecular complexity index is 958. The van der Waals surface area contributed by atoms with E-state index in [0.717, 1.165) is 16.7 Å². The molecule has 0 saturated carbocycles. The summed E-state index contributed by atoms with van der Waals surface area (Å²) < 4.78 is 12.1. The zero-order chi connectivity index (χ0) is 21.3. The average molecular weight is 405 g/mol. The number of nitrogens with zero attached hydrogens (tertiary/aromatic N) is 1. The Labute approximate surface area is 177 Å². The molecule has 30 heavy (non-hydrogen) atoms. The maximum absolute atomic E-state index is 10.9. The lowest BCUT2D eigenvalue weighted by Gasteiger charge is -2.19. The van der Waals surface area contributed by atoms with Crippen LogP contribution in [0.5, 0.6) is 11.5 Å². The van der Waals surface area contributed by atoms with Gasteiger partial charge in [-0.05, 0) is 41.3 Å². The molecule has 1 amide bonds. The molecule has 5 heteroatoms. The highest BCUT2D eigenvalue weighted by atomic mass is 16.5. The number of aliphatic hydroxyl groups excluding tert-OH is 1. The van der Waals surface area contributed by atoms with E-state index in [4.69, 9.17) is 9.47 Å². The molecule has 0 aliphatic carbocycles. The van der Waals surface area contributed by atoms with Gasteiger partial charge >= 0.3 is 0 Å². The van der Waals surface area contributed by atoms with Gasteiger partial charge in [0.05, 0.1) is 12.6 Å². The van der Waals surface area contributed by atoms with Crippen molar-refractivity contribution in [2.75, 3.05) is 13.6 Å². The van der Waals surface area contributed by atoms with Gasteiger partial charge in [-0.1, -0.05) is 60.7 Å². The highest BCUT2D eigenvalue weighted by Crippen LogP contribution is 2.32. The molecule has 0 saturated heterocycles. The minimum absolute atomic E-state index is 0.199. The molecule has 1 unspecified atom stereocenters. The number of hydrogen-bond donors (Lipinski definition) is 1. The second kappa shape index (κ2) is 10.5. The van der Waals surface area contributed by atoms with Crippen LogP contribution in [0.1, 0.15) is 28.4 Å². The molecular formula is C25H27NO4. The van der Waals surface area contributed by atoms with Crippen LogP contribution in [0.25, 0.3) is 0 Å². The molecule has 0 aromatic heterocycles. The largest absolute Gasteiger partial charge is 0.485 e. The maximum atomic E-state index is 10.9. The minimum atomic E-state index is -0.816. The van der Waals surface area contributed by atoms with Crippen molar-refractivity contribution in [1.82, 2.24) is 4.90 Å².